The van der Waals surface area contributed by atoms with Gasteiger partial charge >= 0.3 is 12.1 Å². The number of ether oxygens (including phenoxy) is 2. The molecule has 8 heteroatoms. The second-order valence-corrected chi connectivity index (χ2v) is 6.80. The van der Waals surface area contributed by atoms with Crippen molar-refractivity contribution < 1.29 is 23.9 Å². The van der Waals surface area contributed by atoms with E-state index in [9.17, 15) is 14.4 Å². The van der Waals surface area contributed by atoms with Crippen LogP contribution in [-0.2, 0) is 14.3 Å². The molecule has 2 rings (SSSR count). The van der Waals surface area contributed by atoms with Crippen LogP contribution in [-0.4, -0.2) is 55.2 Å². The largest absolute Gasteiger partial charge is 0.451 e. The first-order chi connectivity index (χ1) is 11.5. The molecule has 0 aromatic carbocycles. The third-order valence-corrected chi connectivity index (χ3v) is 4.64. The number of aryl methyl sites for hydroxylation is 1. The van der Waals surface area contributed by atoms with Crippen LogP contribution in [0.2, 0.25) is 0 Å². The van der Waals surface area contributed by atoms with E-state index in [0.717, 1.165) is 4.88 Å². The average molecular weight is 354 g/mol. The molecule has 0 radical (unpaired) electrons. The Kier molecular flexibility index (Phi) is 6.60. The van der Waals surface area contributed by atoms with E-state index < -0.39 is 5.97 Å². The summed E-state index contributed by atoms with van der Waals surface area (Å²) in [4.78, 5) is 38.4. The van der Waals surface area contributed by atoms with E-state index in [1.165, 1.54) is 11.3 Å². The Morgan fingerprint density at radius 1 is 1.25 bits per heavy atom. The molecule has 1 aliphatic heterocycles. The molecule has 1 aromatic heterocycles. The van der Waals surface area contributed by atoms with E-state index in [0.29, 0.717) is 37.4 Å². The second kappa shape index (κ2) is 8.68. The van der Waals surface area contributed by atoms with Crippen LogP contribution < -0.4 is 5.32 Å². The third-order valence-electron chi connectivity index (χ3n) is 3.66. The Morgan fingerprint density at radius 3 is 2.54 bits per heavy atom. The van der Waals surface area contributed by atoms with E-state index in [4.69, 9.17) is 9.47 Å². The first-order valence-corrected chi connectivity index (χ1v) is 8.76. The lowest BCUT2D eigenvalue weighted by atomic mass is 10.1. The van der Waals surface area contributed by atoms with Crippen molar-refractivity contribution >= 4 is 29.3 Å². The van der Waals surface area contributed by atoms with Gasteiger partial charge in [0.2, 0.25) is 0 Å². The first kappa shape index (κ1) is 18.3. The topological polar surface area (TPSA) is 84.9 Å². The van der Waals surface area contributed by atoms with Crippen LogP contribution in [0.25, 0.3) is 0 Å². The molecule has 7 nitrogen and oxygen atoms in total. The molecule has 1 aliphatic rings. The zero-order valence-electron chi connectivity index (χ0n) is 13.9. The maximum atomic E-state index is 11.9. The fraction of sp³-hybridized carbons (Fsp3) is 0.562. The molecule has 24 heavy (non-hydrogen) atoms. The van der Waals surface area contributed by atoms with E-state index in [-0.39, 0.29) is 24.6 Å². The number of nitrogens with one attached hydrogen (secondary N) is 1. The molecule has 1 saturated heterocycles. The summed E-state index contributed by atoms with van der Waals surface area (Å²) < 4.78 is 9.96. The third kappa shape index (κ3) is 5.23. The Balaban J connectivity index is 1.68. The van der Waals surface area contributed by atoms with Crippen molar-refractivity contribution in [2.75, 3.05) is 26.3 Å². The lowest BCUT2D eigenvalue weighted by Gasteiger charge is -2.31. The van der Waals surface area contributed by atoms with Crippen molar-refractivity contribution in [1.82, 2.24) is 10.2 Å². The summed E-state index contributed by atoms with van der Waals surface area (Å²) in [6.45, 7) is 4.80. The van der Waals surface area contributed by atoms with Gasteiger partial charge in [-0.15, -0.1) is 11.3 Å². The van der Waals surface area contributed by atoms with Gasteiger partial charge in [-0.05, 0) is 38.8 Å². The highest BCUT2D eigenvalue weighted by Gasteiger charge is 2.24. The molecule has 1 fully saturated rings. The lowest BCUT2D eigenvalue weighted by molar-refractivity contribution is -0.125. The molecule has 0 unspecified atom stereocenters. The van der Waals surface area contributed by atoms with Crippen LogP contribution in [0.1, 0.15) is 34.3 Å². The number of amides is 2. The van der Waals surface area contributed by atoms with Gasteiger partial charge in [0.15, 0.2) is 6.61 Å². The number of thiophene rings is 1. The van der Waals surface area contributed by atoms with E-state index in [1.807, 2.05) is 13.0 Å². The zero-order chi connectivity index (χ0) is 17.5. The molecule has 2 heterocycles. The zero-order valence-corrected chi connectivity index (χ0v) is 14.7. The molecule has 2 amide bonds. The highest BCUT2D eigenvalue weighted by molar-refractivity contribution is 7.13. The van der Waals surface area contributed by atoms with E-state index >= 15 is 0 Å². The number of piperidine rings is 1. The van der Waals surface area contributed by atoms with Gasteiger partial charge in [0.25, 0.3) is 5.91 Å². The van der Waals surface area contributed by atoms with Crippen LogP contribution in [0.4, 0.5) is 4.79 Å². The van der Waals surface area contributed by atoms with Gasteiger partial charge in [0.1, 0.15) is 4.88 Å². The fourth-order valence-electron chi connectivity index (χ4n) is 2.44. The number of hydrogen-bond donors (Lipinski definition) is 1. The van der Waals surface area contributed by atoms with Gasteiger partial charge in [-0.1, -0.05) is 0 Å². The Bertz CT molecular complexity index is 593. The van der Waals surface area contributed by atoms with E-state index in [2.05, 4.69) is 5.32 Å². The molecule has 0 bridgehead atoms. The quantitative estimate of drug-likeness (QED) is 0.817. The monoisotopic (exact) mass is 354 g/mol. The summed E-state index contributed by atoms with van der Waals surface area (Å²) in [6, 6.07) is 3.50. The molecule has 0 saturated carbocycles. The van der Waals surface area contributed by atoms with Gasteiger partial charge in [-0.25, -0.2) is 9.59 Å². The minimum Gasteiger partial charge on any atom is -0.451 e. The van der Waals surface area contributed by atoms with Crippen LogP contribution in [0.15, 0.2) is 12.1 Å². The summed E-state index contributed by atoms with van der Waals surface area (Å²) in [5.41, 5.74) is 0. The minimum atomic E-state index is -0.486. The Morgan fingerprint density at radius 2 is 1.96 bits per heavy atom. The molecular formula is C16H22N2O5S. The smallest absolute Gasteiger partial charge is 0.409 e. The van der Waals surface area contributed by atoms with Crippen molar-refractivity contribution in [3.63, 3.8) is 0 Å². The van der Waals surface area contributed by atoms with Gasteiger partial charge in [-0.2, -0.15) is 0 Å². The SMILES string of the molecule is CCOC(=O)N1CCC(NC(=O)COC(=O)c2ccc(C)s2)CC1. The molecule has 0 spiro atoms. The van der Waals surface area contributed by atoms with Crippen LogP contribution in [0, 0.1) is 6.92 Å². The van der Waals surface area contributed by atoms with Gasteiger partial charge in [0, 0.05) is 24.0 Å². The normalized spacial score (nSPS) is 15.0. The standard InChI is InChI=1S/C16H22N2O5S/c1-3-22-16(21)18-8-6-12(7-9-18)17-14(19)10-23-15(20)13-5-4-11(2)24-13/h4-5,12H,3,6-10H2,1-2H3,(H,17,19). The molecule has 0 atom stereocenters. The van der Waals surface area contributed by atoms with Crippen molar-refractivity contribution in [1.29, 1.82) is 0 Å². The summed E-state index contributed by atoms with van der Waals surface area (Å²) in [7, 11) is 0. The van der Waals surface area contributed by atoms with Crippen molar-refractivity contribution in [3.8, 4) is 0 Å². The number of hydrogen-bond acceptors (Lipinski definition) is 6. The second-order valence-electron chi connectivity index (χ2n) is 5.51. The minimum absolute atomic E-state index is 0.0224. The van der Waals surface area contributed by atoms with Crippen LogP contribution in [0.5, 0.6) is 0 Å². The fourth-order valence-corrected chi connectivity index (χ4v) is 3.20. The number of rotatable bonds is 5. The number of carbonyl (C=O) groups excluding carboxylic acids is 3. The predicted octanol–water partition coefficient (Wildman–Crippen LogP) is 1.95. The predicted molar refractivity (Wildman–Crippen MR) is 89.1 cm³/mol. The van der Waals surface area contributed by atoms with Crippen LogP contribution in [0.3, 0.4) is 0 Å². The van der Waals surface area contributed by atoms with Gasteiger partial charge in [0.05, 0.1) is 6.61 Å². The number of nitrogens with zero attached hydrogens (tertiary/aromatic N) is 1. The molecule has 0 aliphatic carbocycles. The number of carbonyl (C=O) groups is 3. The van der Waals surface area contributed by atoms with Crippen LogP contribution >= 0.6 is 11.3 Å². The summed E-state index contributed by atoms with van der Waals surface area (Å²) in [6.07, 6.45) is 0.994. The molecular weight excluding hydrogens is 332 g/mol. The number of likely N-dealkylation sites (tertiary alicyclic amines) is 1. The molecule has 1 aromatic rings. The van der Waals surface area contributed by atoms with Gasteiger partial charge < -0.3 is 19.7 Å². The Labute approximate surface area is 144 Å². The summed E-state index contributed by atoms with van der Waals surface area (Å²) in [5, 5.41) is 2.83. The highest BCUT2D eigenvalue weighted by Crippen LogP contribution is 2.16. The van der Waals surface area contributed by atoms with Gasteiger partial charge in [-0.3, -0.25) is 4.79 Å². The highest BCUT2D eigenvalue weighted by atomic mass is 32.1. The molecule has 132 valence electrons. The van der Waals surface area contributed by atoms with Crippen molar-refractivity contribution in [3.05, 3.63) is 21.9 Å². The first-order valence-electron chi connectivity index (χ1n) is 7.94. The summed E-state index contributed by atoms with van der Waals surface area (Å²) in [5.74, 6) is -0.813. The maximum Gasteiger partial charge on any atom is 0.409 e. The van der Waals surface area contributed by atoms with Crippen molar-refractivity contribution in [2.24, 2.45) is 0 Å². The summed E-state index contributed by atoms with van der Waals surface area (Å²) >= 11 is 1.33. The van der Waals surface area contributed by atoms with Crippen molar-refractivity contribution in [2.45, 2.75) is 32.7 Å². The Hall–Kier alpha value is -2.09. The van der Waals surface area contributed by atoms with E-state index in [1.54, 1.807) is 17.9 Å². The average Bonchev–Trinajstić information content (AvgIpc) is 3.00. The maximum absolute atomic E-state index is 11.9. The lowest BCUT2D eigenvalue weighted by Crippen LogP contribution is -2.47. The number of esters is 1. The molecule has 1 N–H and O–H groups in total.